The Hall–Kier alpha value is -1.59. The molecule has 1 N–H and O–H groups in total. The minimum Gasteiger partial charge on any atom is -0.478 e. The molecular weight excluding hydrogens is 211 g/mol. The van der Waals surface area contributed by atoms with Crippen LogP contribution >= 0.6 is 0 Å². The van der Waals surface area contributed by atoms with Gasteiger partial charge in [0.05, 0.1) is 5.92 Å². The second-order valence-corrected chi connectivity index (χ2v) is 3.39. The van der Waals surface area contributed by atoms with E-state index in [0.29, 0.717) is 0 Å². The van der Waals surface area contributed by atoms with Gasteiger partial charge in [-0.05, 0) is 11.6 Å². The van der Waals surface area contributed by atoms with Gasteiger partial charge in [0, 0.05) is 12.6 Å². The number of aromatic carboxylic acids is 1. The van der Waals surface area contributed by atoms with Crippen molar-refractivity contribution >= 4 is 5.97 Å². The minimum absolute atomic E-state index is 0.181. The van der Waals surface area contributed by atoms with Crippen LogP contribution in [0.15, 0.2) is 12.3 Å². The zero-order valence-corrected chi connectivity index (χ0v) is 7.38. The summed E-state index contributed by atoms with van der Waals surface area (Å²) >= 11 is 0. The Bertz CT molecular complexity index is 433. The van der Waals surface area contributed by atoms with Gasteiger partial charge in [-0.3, -0.25) is 0 Å². The summed E-state index contributed by atoms with van der Waals surface area (Å²) < 4.78 is 38.4. The highest BCUT2D eigenvalue weighted by Crippen LogP contribution is 2.56. The topological polar surface area (TPSA) is 50.2 Å². The van der Waals surface area contributed by atoms with Crippen molar-refractivity contribution in [3.05, 3.63) is 29.3 Å². The maximum atomic E-state index is 13.0. The van der Waals surface area contributed by atoms with E-state index < -0.39 is 35.7 Å². The molecule has 1 aliphatic rings. The van der Waals surface area contributed by atoms with E-state index in [1.807, 2.05) is 0 Å². The van der Waals surface area contributed by atoms with Gasteiger partial charge in [0.1, 0.15) is 5.56 Å². The molecule has 6 heteroatoms. The van der Waals surface area contributed by atoms with Gasteiger partial charge in [-0.15, -0.1) is 0 Å². The van der Waals surface area contributed by atoms with E-state index in [9.17, 15) is 18.0 Å². The van der Waals surface area contributed by atoms with Crippen LogP contribution in [0.4, 0.5) is 13.2 Å². The maximum absolute atomic E-state index is 13.0. The van der Waals surface area contributed by atoms with E-state index in [-0.39, 0.29) is 5.56 Å². The van der Waals surface area contributed by atoms with Gasteiger partial charge in [0.25, 0.3) is 5.92 Å². The molecule has 1 aliphatic carbocycles. The number of nitrogens with zero attached hydrogens (tertiary/aromatic N) is 1. The molecular formula is C9H6F3NO2. The van der Waals surface area contributed by atoms with Crippen molar-refractivity contribution in [2.24, 2.45) is 0 Å². The van der Waals surface area contributed by atoms with Gasteiger partial charge in [-0.25, -0.2) is 18.6 Å². The fourth-order valence-electron chi connectivity index (χ4n) is 1.50. The van der Waals surface area contributed by atoms with Crippen molar-refractivity contribution in [1.82, 2.24) is 4.98 Å². The highest BCUT2D eigenvalue weighted by molar-refractivity contribution is 5.89. The molecule has 1 aromatic heterocycles. The van der Waals surface area contributed by atoms with Crippen LogP contribution in [0, 0.1) is 5.95 Å². The van der Waals surface area contributed by atoms with Crippen LogP contribution in [0.5, 0.6) is 0 Å². The van der Waals surface area contributed by atoms with E-state index in [4.69, 9.17) is 5.11 Å². The summed E-state index contributed by atoms with van der Waals surface area (Å²) in [4.78, 5) is 13.8. The fraction of sp³-hybridized carbons (Fsp3) is 0.333. The summed E-state index contributed by atoms with van der Waals surface area (Å²) in [6.07, 6.45) is 0.558. The number of rotatable bonds is 2. The Labute approximate surface area is 82.6 Å². The van der Waals surface area contributed by atoms with Crippen molar-refractivity contribution in [2.75, 3.05) is 0 Å². The molecule has 0 aromatic carbocycles. The Balaban J connectivity index is 2.48. The summed E-state index contributed by atoms with van der Waals surface area (Å²) in [6.45, 7) is 0. The van der Waals surface area contributed by atoms with Crippen LogP contribution < -0.4 is 0 Å². The normalized spacial score (nSPS) is 22.5. The standard InChI is InChI=1S/C9H6F3NO2/c10-7-6(8(14)15)4(1-2-13-7)5-3-9(5,11)12/h1-2,5H,3H2,(H,14,15). The summed E-state index contributed by atoms with van der Waals surface area (Å²) in [6, 6.07) is 1.12. The van der Waals surface area contributed by atoms with Crippen molar-refractivity contribution in [2.45, 2.75) is 18.3 Å². The monoisotopic (exact) mass is 217 g/mol. The quantitative estimate of drug-likeness (QED) is 0.771. The number of halogens is 3. The largest absolute Gasteiger partial charge is 0.478 e. The van der Waals surface area contributed by atoms with Crippen LogP contribution in [-0.4, -0.2) is 22.0 Å². The lowest BCUT2D eigenvalue weighted by Crippen LogP contribution is -2.08. The summed E-state index contributed by atoms with van der Waals surface area (Å²) in [5, 5.41) is 8.67. The smallest absolute Gasteiger partial charge is 0.340 e. The molecule has 0 amide bonds. The molecule has 15 heavy (non-hydrogen) atoms. The van der Waals surface area contributed by atoms with Gasteiger partial charge < -0.3 is 5.11 Å². The second-order valence-electron chi connectivity index (χ2n) is 3.39. The molecule has 80 valence electrons. The Morgan fingerprint density at radius 2 is 2.20 bits per heavy atom. The van der Waals surface area contributed by atoms with Crippen molar-refractivity contribution < 1.29 is 23.1 Å². The van der Waals surface area contributed by atoms with Crippen LogP contribution in [0.2, 0.25) is 0 Å². The summed E-state index contributed by atoms with van der Waals surface area (Å²) in [5.41, 5.74) is -0.931. The first-order valence-electron chi connectivity index (χ1n) is 4.19. The lowest BCUT2D eigenvalue weighted by atomic mass is 10.1. The molecule has 1 unspecified atom stereocenters. The van der Waals surface area contributed by atoms with Gasteiger partial charge in [0.15, 0.2) is 0 Å². The lowest BCUT2D eigenvalue weighted by Gasteiger charge is -2.04. The number of hydrogen-bond donors (Lipinski definition) is 1. The maximum Gasteiger partial charge on any atom is 0.340 e. The molecule has 1 atom stereocenters. The predicted molar refractivity (Wildman–Crippen MR) is 43.5 cm³/mol. The number of pyridine rings is 1. The van der Waals surface area contributed by atoms with Crippen LogP contribution in [0.1, 0.15) is 28.3 Å². The molecule has 0 saturated heterocycles. The zero-order chi connectivity index (χ0) is 11.2. The lowest BCUT2D eigenvalue weighted by molar-refractivity contribution is 0.0688. The summed E-state index contributed by atoms with van der Waals surface area (Å²) in [5.74, 6) is -6.90. The molecule has 1 aromatic rings. The molecule has 1 fully saturated rings. The molecule has 2 rings (SSSR count). The number of aromatic nitrogens is 1. The van der Waals surface area contributed by atoms with Gasteiger partial charge in [-0.1, -0.05) is 0 Å². The summed E-state index contributed by atoms with van der Waals surface area (Å²) in [7, 11) is 0. The number of carbonyl (C=O) groups is 1. The van der Waals surface area contributed by atoms with Crippen molar-refractivity contribution in [3.63, 3.8) is 0 Å². The number of alkyl halides is 2. The molecule has 0 radical (unpaired) electrons. The molecule has 1 heterocycles. The third-order valence-electron chi connectivity index (χ3n) is 2.35. The molecule has 0 spiro atoms. The van der Waals surface area contributed by atoms with Crippen LogP contribution in [0.25, 0.3) is 0 Å². The minimum atomic E-state index is -2.92. The van der Waals surface area contributed by atoms with Gasteiger partial charge in [-0.2, -0.15) is 4.39 Å². The first kappa shape index (κ1) is 9.95. The second kappa shape index (κ2) is 2.95. The molecule has 1 saturated carbocycles. The third kappa shape index (κ3) is 1.55. The predicted octanol–water partition coefficient (Wildman–Crippen LogP) is 2.04. The zero-order valence-electron chi connectivity index (χ0n) is 7.38. The first-order valence-corrected chi connectivity index (χ1v) is 4.19. The highest BCUT2D eigenvalue weighted by Gasteiger charge is 2.58. The Kier molecular flexibility index (Phi) is 1.95. The van der Waals surface area contributed by atoms with Crippen molar-refractivity contribution in [3.8, 4) is 0 Å². The fourth-order valence-corrected chi connectivity index (χ4v) is 1.50. The van der Waals surface area contributed by atoms with Gasteiger partial charge in [0.2, 0.25) is 5.95 Å². The Morgan fingerprint density at radius 3 is 2.67 bits per heavy atom. The highest BCUT2D eigenvalue weighted by atomic mass is 19.3. The average Bonchev–Trinajstić information content (AvgIpc) is 2.74. The SMILES string of the molecule is O=C(O)c1c(C2CC2(F)F)ccnc1F. The van der Waals surface area contributed by atoms with Gasteiger partial charge >= 0.3 is 5.97 Å². The molecule has 0 aliphatic heterocycles. The van der Waals surface area contributed by atoms with E-state index >= 15 is 0 Å². The van der Waals surface area contributed by atoms with E-state index in [0.717, 1.165) is 12.3 Å². The molecule has 3 nitrogen and oxygen atoms in total. The van der Waals surface area contributed by atoms with E-state index in [2.05, 4.69) is 4.98 Å². The first-order chi connectivity index (χ1) is 6.93. The third-order valence-corrected chi connectivity index (χ3v) is 2.35. The van der Waals surface area contributed by atoms with E-state index in [1.54, 1.807) is 0 Å². The van der Waals surface area contributed by atoms with E-state index in [1.165, 1.54) is 0 Å². The number of carboxylic acid groups (broad SMARTS) is 1. The molecule has 0 bridgehead atoms. The van der Waals surface area contributed by atoms with Crippen LogP contribution in [0.3, 0.4) is 0 Å². The number of carboxylic acids is 1. The average molecular weight is 217 g/mol. The Morgan fingerprint density at radius 1 is 1.60 bits per heavy atom. The number of hydrogen-bond acceptors (Lipinski definition) is 2. The van der Waals surface area contributed by atoms with Crippen LogP contribution in [-0.2, 0) is 0 Å². The van der Waals surface area contributed by atoms with Crippen molar-refractivity contribution in [1.29, 1.82) is 0 Å².